The van der Waals surface area contributed by atoms with Crippen molar-refractivity contribution in [2.24, 2.45) is 5.73 Å². The van der Waals surface area contributed by atoms with Gasteiger partial charge in [-0.1, -0.05) is 11.3 Å². The molecule has 164 valence electrons. The van der Waals surface area contributed by atoms with Gasteiger partial charge in [-0.15, -0.1) is 11.3 Å². The van der Waals surface area contributed by atoms with Crippen molar-refractivity contribution in [1.82, 2.24) is 19.9 Å². The fourth-order valence-corrected chi connectivity index (χ4v) is 4.57. The largest absolute Gasteiger partial charge is 0.489 e. The van der Waals surface area contributed by atoms with Gasteiger partial charge in [-0.3, -0.25) is 9.78 Å². The van der Waals surface area contributed by atoms with Crippen molar-refractivity contribution < 1.29 is 9.53 Å². The lowest BCUT2D eigenvalue weighted by Gasteiger charge is -2.15. The molecule has 0 saturated heterocycles. The van der Waals surface area contributed by atoms with E-state index >= 15 is 0 Å². The van der Waals surface area contributed by atoms with E-state index in [9.17, 15) is 4.79 Å². The molecule has 32 heavy (non-hydrogen) atoms. The molecule has 4 aromatic rings. The maximum absolute atomic E-state index is 11.6. The number of hydrogen-bond donors (Lipinski definition) is 3. The van der Waals surface area contributed by atoms with Crippen molar-refractivity contribution >= 4 is 50.3 Å². The lowest BCUT2D eigenvalue weighted by atomic mass is 10.1. The van der Waals surface area contributed by atoms with E-state index in [2.05, 4.69) is 25.6 Å². The van der Waals surface area contributed by atoms with Crippen molar-refractivity contribution in [2.75, 3.05) is 10.6 Å². The van der Waals surface area contributed by atoms with Crippen molar-refractivity contribution in [1.29, 1.82) is 0 Å². The van der Waals surface area contributed by atoms with Gasteiger partial charge in [0.1, 0.15) is 5.75 Å². The lowest BCUT2D eigenvalue weighted by Crippen LogP contribution is -2.12. The van der Waals surface area contributed by atoms with Gasteiger partial charge in [0.05, 0.1) is 34.3 Å². The molecule has 11 heteroatoms. The van der Waals surface area contributed by atoms with Gasteiger partial charge in [0, 0.05) is 23.3 Å². The monoisotopic (exact) mass is 467 g/mol. The molecule has 1 amide bonds. The molecule has 3 heterocycles. The molecular formula is C21H21N7O2S2. The average Bonchev–Trinajstić information content (AvgIpc) is 3.35. The highest BCUT2D eigenvalue weighted by Gasteiger charge is 2.16. The highest BCUT2D eigenvalue weighted by Crippen LogP contribution is 2.37. The average molecular weight is 468 g/mol. The third kappa shape index (κ3) is 5.01. The predicted molar refractivity (Wildman–Crippen MR) is 127 cm³/mol. The summed E-state index contributed by atoms with van der Waals surface area (Å²) in [4.78, 5) is 30.1. The molecule has 0 unspecified atom stereocenters. The minimum atomic E-state index is -0.507. The number of hydrogen-bond acceptors (Lipinski definition) is 10. The normalized spacial score (nSPS) is 10.9. The number of amides is 1. The van der Waals surface area contributed by atoms with Crippen molar-refractivity contribution in [2.45, 2.75) is 26.9 Å². The van der Waals surface area contributed by atoms with Gasteiger partial charge in [0.25, 0.3) is 0 Å². The molecule has 9 nitrogen and oxygen atoms in total. The van der Waals surface area contributed by atoms with Crippen molar-refractivity contribution in [3.8, 4) is 16.3 Å². The van der Waals surface area contributed by atoms with Crippen LogP contribution in [0.15, 0.2) is 42.2 Å². The molecule has 4 rings (SSSR count). The van der Waals surface area contributed by atoms with Crippen LogP contribution < -0.4 is 21.1 Å². The van der Waals surface area contributed by atoms with Gasteiger partial charge in [-0.25, -0.2) is 15.0 Å². The maximum Gasteiger partial charge on any atom is 0.248 e. The van der Waals surface area contributed by atoms with Gasteiger partial charge < -0.3 is 21.1 Å². The summed E-state index contributed by atoms with van der Waals surface area (Å²) in [6, 6.07) is 5.04. The number of carbonyl (C=O) groups excluding carboxylic acids is 1. The van der Waals surface area contributed by atoms with E-state index in [0.717, 1.165) is 16.3 Å². The molecule has 0 saturated carbocycles. The van der Waals surface area contributed by atoms with Crippen LogP contribution in [-0.2, 0) is 0 Å². The number of thiazole rings is 2. The number of carbonyl (C=O) groups is 1. The van der Waals surface area contributed by atoms with Gasteiger partial charge >= 0.3 is 0 Å². The molecule has 1 aromatic carbocycles. The topological polar surface area (TPSA) is 128 Å². The SMILES string of the molecule is Cc1nc(Nc2cnccn2)sc1-c1csc(Nc2cc(C(N)=O)ccc2OC(C)C)n1. The number of rotatable bonds is 8. The van der Waals surface area contributed by atoms with E-state index in [1.807, 2.05) is 26.2 Å². The Kier molecular flexibility index (Phi) is 6.28. The van der Waals surface area contributed by atoms with Gasteiger partial charge in [0.15, 0.2) is 16.1 Å². The van der Waals surface area contributed by atoms with Crippen LogP contribution in [0.1, 0.15) is 29.9 Å². The Morgan fingerprint density at radius 2 is 2.00 bits per heavy atom. The van der Waals surface area contributed by atoms with Crippen LogP contribution in [0.4, 0.5) is 21.8 Å². The van der Waals surface area contributed by atoms with E-state index in [0.29, 0.717) is 33.1 Å². The zero-order valence-electron chi connectivity index (χ0n) is 17.6. The molecule has 0 fully saturated rings. The minimum Gasteiger partial charge on any atom is -0.489 e. The number of nitrogens with two attached hydrogens (primary N) is 1. The van der Waals surface area contributed by atoms with Crippen LogP contribution in [0, 0.1) is 6.92 Å². The molecule has 3 aromatic heterocycles. The summed E-state index contributed by atoms with van der Waals surface area (Å²) in [5.74, 6) is 0.735. The summed E-state index contributed by atoms with van der Waals surface area (Å²) >= 11 is 2.93. The third-order valence-electron chi connectivity index (χ3n) is 4.20. The van der Waals surface area contributed by atoms with E-state index in [4.69, 9.17) is 15.5 Å². The summed E-state index contributed by atoms with van der Waals surface area (Å²) in [6.45, 7) is 5.81. The van der Waals surface area contributed by atoms with Crippen LogP contribution in [0.5, 0.6) is 5.75 Å². The maximum atomic E-state index is 11.6. The van der Waals surface area contributed by atoms with Crippen LogP contribution >= 0.6 is 22.7 Å². The summed E-state index contributed by atoms with van der Waals surface area (Å²) < 4.78 is 5.86. The minimum absolute atomic E-state index is 0.0260. The second-order valence-electron chi connectivity index (χ2n) is 7.05. The molecular weight excluding hydrogens is 446 g/mol. The Morgan fingerprint density at radius 1 is 1.16 bits per heavy atom. The fraction of sp³-hybridized carbons (Fsp3) is 0.190. The first kappa shape index (κ1) is 21.7. The molecule has 0 atom stereocenters. The molecule has 0 radical (unpaired) electrons. The molecule has 4 N–H and O–H groups in total. The van der Waals surface area contributed by atoms with Crippen LogP contribution in [-0.4, -0.2) is 31.9 Å². The summed E-state index contributed by atoms with van der Waals surface area (Å²) in [7, 11) is 0. The zero-order chi connectivity index (χ0) is 22.7. The molecule has 0 aliphatic heterocycles. The van der Waals surface area contributed by atoms with E-state index in [-0.39, 0.29) is 6.10 Å². The Bertz CT molecular complexity index is 1240. The van der Waals surface area contributed by atoms with Crippen LogP contribution in [0.3, 0.4) is 0 Å². The molecule has 0 aliphatic rings. The van der Waals surface area contributed by atoms with Crippen molar-refractivity contribution in [3.63, 3.8) is 0 Å². The van der Waals surface area contributed by atoms with Gasteiger partial charge in [0.2, 0.25) is 5.91 Å². The standard InChI is InChI=1S/C21H21N7O2S2/c1-11(2)30-16-5-4-13(19(22)29)8-14(16)26-20-27-15(10-31-20)18-12(3)25-21(32-18)28-17-9-23-6-7-24-17/h4-11H,1-3H3,(H2,22,29)(H,26,27)(H,24,25,28). The Morgan fingerprint density at radius 3 is 2.72 bits per heavy atom. The number of benzene rings is 1. The Labute approximate surface area is 192 Å². The van der Waals surface area contributed by atoms with Crippen molar-refractivity contribution in [3.05, 3.63) is 53.4 Å². The summed E-state index contributed by atoms with van der Waals surface area (Å²) in [5, 5.41) is 9.74. The summed E-state index contributed by atoms with van der Waals surface area (Å²) in [6.07, 6.45) is 4.84. The smallest absolute Gasteiger partial charge is 0.248 e. The number of aryl methyl sites for hydroxylation is 1. The molecule has 0 bridgehead atoms. The van der Waals surface area contributed by atoms with E-state index in [1.54, 1.807) is 36.8 Å². The highest BCUT2D eigenvalue weighted by molar-refractivity contribution is 7.19. The van der Waals surface area contributed by atoms with Gasteiger partial charge in [-0.05, 0) is 39.0 Å². The first-order valence-corrected chi connectivity index (χ1v) is 11.4. The Balaban J connectivity index is 1.57. The zero-order valence-corrected chi connectivity index (χ0v) is 19.3. The number of ether oxygens (including phenoxy) is 1. The predicted octanol–water partition coefficient (Wildman–Crippen LogP) is 4.74. The van der Waals surface area contributed by atoms with E-state index < -0.39 is 5.91 Å². The number of nitrogens with zero attached hydrogens (tertiary/aromatic N) is 4. The fourth-order valence-electron chi connectivity index (χ4n) is 2.85. The second-order valence-corrected chi connectivity index (χ2v) is 8.91. The van der Waals surface area contributed by atoms with Crippen LogP contribution in [0.25, 0.3) is 10.6 Å². The quantitative estimate of drug-likeness (QED) is 0.339. The number of anilines is 4. The number of primary amides is 1. The third-order valence-corrected chi connectivity index (χ3v) is 6.05. The number of aromatic nitrogens is 4. The first-order valence-electron chi connectivity index (χ1n) is 9.73. The second kappa shape index (κ2) is 9.28. The van der Waals surface area contributed by atoms with Gasteiger partial charge in [-0.2, -0.15) is 0 Å². The number of nitrogens with one attached hydrogen (secondary N) is 2. The Hall–Kier alpha value is -3.57. The molecule has 0 spiro atoms. The van der Waals surface area contributed by atoms with Crippen LogP contribution in [0.2, 0.25) is 0 Å². The van der Waals surface area contributed by atoms with E-state index in [1.165, 1.54) is 22.7 Å². The first-order chi connectivity index (χ1) is 15.4. The molecule has 0 aliphatic carbocycles. The highest BCUT2D eigenvalue weighted by atomic mass is 32.1. The lowest BCUT2D eigenvalue weighted by molar-refractivity contribution is 0.100. The summed E-state index contributed by atoms with van der Waals surface area (Å²) in [5.41, 5.74) is 8.12.